The second-order valence-corrected chi connectivity index (χ2v) is 10.1. The van der Waals surface area contributed by atoms with E-state index in [0.717, 1.165) is 55.7 Å². The van der Waals surface area contributed by atoms with Crippen LogP contribution in [0.4, 0.5) is 11.6 Å². The van der Waals surface area contributed by atoms with E-state index < -0.39 is 5.91 Å². The normalized spacial score (nSPS) is 13.9. The third-order valence-electron chi connectivity index (χ3n) is 7.47. The van der Waals surface area contributed by atoms with Crippen LogP contribution in [0.5, 0.6) is 5.75 Å². The number of carbonyl (C=O) groups excluding carboxylic acids is 1. The van der Waals surface area contributed by atoms with Gasteiger partial charge in [0.1, 0.15) is 17.1 Å². The number of aryl methyl sites for hydroxylation is 2. The molecule has 0 radical (unpaired) electrons. The molecule has 0 aliphatic carbocycles. The molecular formula is C28H35N9O4. The number of nitrogens with zero attached hydrogens (tertiary/aromatic N) is 7. The van der Waals surface area contributed by atoms with Crippen molar-refractivity contribution in [2.75, 3.05) is 36.5 Å². The number of hydrogen-bond acceptors (Lipinski definition) is 10. The molecule has 1 saturated heterocycles. The zero-order valence-electron chi connectivity index (χ0n) is 23.7. The van der Waals surface area contributed by atoms with Crippen LogP contribution < -0.4 is 25.6 Å². The summed E-state index contributed by atoms with van der Waals surface area (Å²) in [6, 6.07) is 6.24. The molecule has 1 aliphatic heterocycles. The number of hydrogen-bond donors (Lipinski definition) is 3. The van der Waals surface area contributed by atoms with E-state index in [2.05, 4.69) is 43.8 Å². The molecule has 13 heteroatoms. The number of amides is 1. The number of H-pyrrole nitrogens is 1. The quantitative estimate of drug-likeness (QED) is 0.205. The highest BCUT2D eigenvalue weighted by Crippen LogP contribution is 2.34. The summed E-state index contributed by atoms with van der Waals surface area (Å²) in [5.74, 6) is 1.01. The number of aromatic nitrogens is 6. The molecule has 4 aromatic rings. The fourth-order valence-corrected chi connectivity index (χ4v) is 5.31. The maximum Gasteiger partial charge on any atom is 0.277 e. The van der Waals surface area contributed by atoms with E-state index in [0.29, 0.717) is 35.2 Å². The minimum atomic E-state index is -0.646. The summed E-state index contributed by atoms with van der Waals surface area (Å²) in [4.78, 5) is 45.4. The van der Waals surface area contributed by atoms with Gasteiger partial charge in [-0.25, -0.2) is 20.4 Å². The third-order valence-corrected chi connectivity index (χ3v) is 7.47. The van der Waals surface area contributed by atoms with Gasteiger partial charge in [-0.05, 0) is 44.4 Å². The number of piperidine rings is 1. The second-order valence-electron chi connectivity index (χ2n) is 10.1. The van der Waals surface area contributed by atoms with Gasteiger partial charge in [-0.1, -0.05) is 13.3 Å². The van der Waals surface area contributed by atoms with Gasteiger partial charge in [-0.15, -0.1) is 0 Å². The Labute approximate surface area is 237 Å². The summed E-state index contributed by atoms with van der Waals surface area (Å²) >= 11 is 0. The van der Waals surface area contributed by atoms with Crippen LogP contribution >= 0.6 is 0 Å². The average Bonchev–Trinajstić information content (AvgIpc) is 3.32. The summed E-state index contributed by atoms with van der Waals surface area (Å²) in [6.45, 7) is 5.98. The van der Waals surface area contributed by atoms with Gasteiger partial charge in [0.15, 0.2) is 5.52 Å². The van der Waals surface area contributed by atoms with Crippen LogP contribution in [0, 0.1) is 0 Å². The zero-order chi connectivity index (χ0) is 29.1. The Morgan fingerprint density at radius 1 is 1.22 bits per heavy atom. The predicted octanol–water partition coefficient (Wildman–Crippen LogP) is 2.69. The van der Waals surface area contributed by atoms with E-state index in [1.165, 1.54) is 12.4 Å². The van der Waals surface area contributed by atoms with Crippen LogP contribution in [-0.2, 0) is 13.5 Å². The molecule has 41 heavy (non-hydrogen) atoms. The fourth-order valence-electron chi connectivity index (χ4n) is 5.31. The zero-order valence-corrected chi connectivity index (χ0v) is 23.7. The number of ether oxygens (including phenoxy) is 1. The predicted molar refractivity (Wildman–Crippen MR) is 155 cm³/mol. The standard InChI is InChI=1S/C28H35N9O4/c1-5-7-21-23-24(36(4)33-21)27(39)32-25(31-23)20-14-19(8-9-22(20)41-6-2)35(3)18-10-12-37(13-11-18)28-29-15-17(16-30-28)26(38)34-40/h8-9,14-16,18,40H,5-7,10-13H2,1-4H3,(H,34,38)(H,31,32,39). The molecule has 0 spiro atoms. The number of fused-ring (bicyclic) bond motifs is 1. The summed E-state index contributed by atoms with van der Waals surface area (Å²) in [5, 5.41) is 13.3. The van der Waals surface area contributed by atoms with Crippen molar-refractivity contribution in [3.63, 3.8) is 0 Å². The van der Waals surface area contributed by atoms with Gasteiger partial charge in [0.2, 0.25) is 5.95 Å². The van der Waals surface area contributed by atoms with Gasteiger partial charge in [0.25, 0.3) is 11.5 Å². The number of hydroxylamine groups is 1. The number of rotatable bonds is 9. The lowest BCUT2D eigenvalue weighted by molar-refractivity contribution is 0.0705. The Balaban J connectivity index is 1.39. The van der Waals surface area contributed by atoms with Crippen LogP contribution in [0.25, 0.3) is 22.4 Å². The molecular weight excluding hydrogens is 526 g/mol. The highest BCUT2D eigenvalue weighted by atomic mass is 16.5. The van der Waals surface area contributed by atoms with E-state index in [1.54, 1.807) is 17.2 Å². The van der Waals surface area contributed by atoms with E-state index in [9.17, 15) is 9.59 Å². The molecule has 5 rings (SSSR count). The third kappa shape index (κ3) is 5.57. The van der Waals surface area contributed by atoms with Crippen LogP contribution in [0.15, 0.2) is 35.4 Å². The minimum absolute atomic E-state index is 0.192. The van der Waals surface area contributed by atoms with Gasteiger partial charge >= 0.3 is 0 Å². The van der Waals surface area contributed by atoms with Gasteiger partial charge in [-0.3, -0.25) is 19.5 Å². The monoisotopic (exact) mass is 561 g/mol. The van der Waals surface area contributed by atoms with E-state index in [-0.39, 0.29) is 17.2 Å². The first-order valence-corrected chi connectivity index (χ1v) is 13.8. The average molecular weight is 562 g/mol. The first-order chi connectivity index (χ1) is 19.8. The molecule has 0 bridgehead atoms. The van der Waals surface area contributed by atoms with Gasteiger partial charge in [-0.2, -0.15) is 5.10 Å². The first-order valence-electron chi connectivity index (χ1n) is 13.8. The summed E-state index contributed by atoms with van der Waals surface area (Å²) < 4.78 is 7.54. The molecule has 1 amide bonds. The molecule has 3 N–H and O–H groups in total. The molecule has 1 aliphatic rings. The topological polar surface area (TPSA) is 154 Å². The smallest absolute Gasteiger partial charge is 0.277 e. The van der Waals surface area contributed by atoms with Crippen molar-refractivity contribution in [3.05, 3.63) is 52.2 Å². The first kappa shape index (κ1) is 28.0. The Hall–Kier alpha value is -4.52. The van der Waals surface area contributed by atoms with Crippen molar-refractivity contribution in [1.29, 1.82) is 0 Å². The molecule has 13 nitrogen and oxygen atoms in total. The number of nitrogens with one attached hydrogen (secondary N) is 2. The molecule has 3 aromatic heterocycles. The minimum Gasteiger partial charge on any atom is -0.493 e. The number of carbonyl (C=O) groups is 1. The molecule has 0 atom stereocenters. The van der Waals surface area contributed by atoms with Crippen molar-refractivity contribution in [3.8, 4) is 17.1 Å². The van der Waals surface area contributed by atoms with E-state index >= 15 is 0 Å². The van der Waals surface area contributed by atoms with Gasteiger partial charge < -0.3 is 19.5 Å². The molecule has 1 fully saturated rings. The van der Waals surface area contributed by atoms with Crippen LogP contribution in [0.1, 0.15) is 49.2 Å². The molecule has 0 unspecified atom stereocenters. The second kappa shape index (κ2) is 11.9. The van der Waals surface area contributed by atoms with E-state index in [1.807, 2.05) is 25.1 Å². The maximum absolute atomic E-state index is 13.1. The summed E-state index contributed by atoms with van der Waals surface area (Å²) in [5.41, 5.74) is 5.15. The molecule has 4 heterocycles. The van der Waals surface area contributed by atoms with Crippen molar-refractivity contribution in [2.45, 2.75) is 45.6 Å². The van der Waals surface area contributed by atoms with Crippen LogP contribution in [0.3, 0.4) is 0 Å². The van der Waals surface area contributed by atoms with Crippen LogP contribution in [-0.4, -0.2) is 73.6 Å². The Morgan fingerprint density at radius 3 is 2.61 bits per heavy atom. The SMILES string of the molecule is CCCc1nn(C)c2c(=O)[nH]c(-c3cc(N(C)C4CCN(c5ncc(C(=O)NO)cn5)CC4)ccc3OCC)nc12. The highest BCUT2D eigenvalue weighted by Gasteiger charge is 2.25. The van der Waals surface area contributed by atoms with Crippen molar-refractivity contribution >= 4 is 28.6 Å². The highest BCUT2D eigenvalue weighted by molar-refractivity contribution is 5.92. The van der Waals surface area contributed by atoms with Crippen molar-refractivity contribution < 1.29 is 14.7 Å². The molecule has 0 saturated carbocycles. The van der Waals surface area contributed by atoms with Gasteiger partial charge in [0.05, 0.1) is 23.4 Å². The molecule has 216 valence electrons. The lowest BCUT2D eigenvalue weighted by atomic mass is 10.0. The molecule has 1 aromatic carbocycles. The summed E-state index contributed by atoms with van der Waals surface area (Å²) in [6.07, 6.45) is 6.19. The Bertz CT molecular complexity index is 1590. The largest absolute Gasteiger partial charge is 0.493 e. The lowest BCUT2D eigenvalue weighted by Crippen LogP contribution is -2.44. The van der Waals surface area contributed by atoms with Gasteiger partial charge in [0, 0.05) is 51.3 Å². The number of aromatic amines is 1. The summed E-state index contributed by atoms with van der Waals surface area (Å²) in [7, 11) is 3.83. The number of anilines is 2. The maximum atomic E-state index is 13.1. The van der Waals surface area contributed by atoms with Crippen LogP contribution in [0.2, 0.25) is 0 Å². The lowest BCUT2D eigenvalue weighted by Gasteiger charge is -2.38. The Kier molecular flexibility index (Phi) is 8.15. The van der Waals surface area contributed by atoms with Crippen molar-refractivity contribution in [2.24, 2.45) is 7.05 Å². The fraction of sp³-hybridized carbons (Fsp3) is 0.429. The van der Waals surface area contributed by atoms with Crippen molar-refractivity contribution in [1.82, 2.24) is 35.2 Å². The number of benzene rings is 1. The Morgan fingerprint density at radius 2 is 1.95 bits per heavy atom. The van der Waals surface area contributed by atoms with E-state index in [4.69, 9.17) is 14.9 Å².